The van der Waals surface area contributed by atoms with Gasteiger partial charge in [0.2, 0.25) is 0 Å². The normalized spacial score (nSPS) is 11.0. The quantitative estimate of drug-likeness (QED) is 0.0960. The third-order valence-electron chi connectivity index (χ3n) is 5.57. The molecule has 0 radical (unpaired) electrons. The van der Waals surface area contributed by atoms with Crippen LogP contribution in [0.2, 0.25) is 0 Å². The smallest absolute Gasteiger partial charge is 0.342 e. The maximum atomic E-state index is 12.5. The number of allylic oxidation sites excluding steroid dienone is 1. The summed E-state index contributed by atoms with van der Waals surface area (Å²) in [7, 11) is 1.63. The molecule has 4 aromatic rings. The van der Waals surface area contributed by atoms with Gasteiger partial charge in [-0.05, 0) is 73.1 Å². The van der Waals surface area contributed by atoms with Crippen LogP contribution in [-0.2, 0) is 11.2 Å². The van der Waals surface area contributed by atoms with Crippen LogP contribution in [0.5, 0.6) is 11.5 Å². The van der Waals surface area contributed by atoms with E-state index in [4.69, 9.17) is 4.74 Å². The maximum absolute atomic E-state index is 12.5. The van der Waals surface area contributed by atoms with Crippen molar-refractivity contribution in [1.82, 2.24) is 15.6 Å². The molecule has 4 rings (SSSR count). The number of carbonyl (C=O) groups is 1. The Labute approximate surface area is 219 Å². The first-order chi connectivity index (χ1) is 18.0. The Morgan fingerprint density at radius 2 is 1.95 bits per heavy atom. The van der Waals surface area contributed by atoms with Gasteiger partial charge in [0.1, 0.15) is 17.2 Å². The largest absolute Gasteiger partial charge is 0.507 e. The standard InChI is InChI=1S/C28H27N5O3S/c1-4-6-20-7-5-8-22(26(20)35)17-29-30-25(34)18-37-28-32-31-27(21-11-15-24(36-3)16-12-21)33(28)23-13-9-19(2)10-14-23/h4-5,7-17H,1,6,18H2,2-3H3,(H2,29,30,34,35)/p+1. The SMILES string of the molecule is C=CCc1cccc(/C=N/NC(=O)CSc2n[nH]c(-c3ccc(OC)cc3)[n+]2-c2ccc(C)cc2)c1O. The molecule has 0 aliphatic rings. The molecule has 0 unspecified atom stereocenters. The van der Waals surface area contributed by atoms with Gasteiger partial charge in [-0.25, -0.2) is 5.43 Å². The number of ether oxygens (including phenoxy) is 1. The zero-order chi connectivity index (χ0) is 26.2. The van der Waals surface area contributed by atoms with E-state index in [1.807, 2.05) is 72.2 Å². The van der Waals surface area contributed by atoms with E-state index in [1.165, 1.54) is 18.0 Å². The second-order valence-corrected chi connectivity index (χ2v) is 9.13. The Hall–Kier alpha value is -4.37. The van der Waals surface area contributed by atoms with Gasteiger partial charge in [-0.1, -0.05) is 35.9 Å². The summed E-state index contributed by atoms with van der Waals surface area (Å²) in [6.07, 6.45) is 3.68. The van der Waals surface area contributed by atoms with Crippen LogP contribution < -0.4 is 14.7 Å². The van der Waals surface area contributed by atoms with Crippen LogP contribution >= 0.6 is 11.8 Å². The first-order valence-corrected chi connectivity index (χ1v) is 12.6. The molecule has 37 heavy (non-hydrogen) atoms. The van der Waals surface area contributed by atoms with Crippen LogP contribution in [0.1, 0.15) is 16.7 Å². The van der Waals surface area contributed by atoms with Crippen LogP contribution in [0.25, 0.3) is 17.1 Å². The fourth-order valence-electron chi connectivity index (χ4n) is 3.64. The molecule has 0 aliphatic carbocycles. The number of hydrogen-bond donors (Lipinski definition) is 3. The summed E-state index contributed by atoms with van der Waals surface area (Å²) in [4.78, 5) is 12.5. The van der Waals surface area contributed by atoms with Gasteiger partial charge in [-0.3, -0.25) is 4.79 Å². The first kappa shape index (κ1) is 25.7. The third kappa shape index (κ3) is 6.25. The number of amides is 1. The number of aromatic nitrogens is 3. The maximum Gasteiger partial charge on any atom is 0.342 e. The van der Waals surface area contributed by atoms with Crippen LogP contribution in [0.3, 0.4) is 0 Å². The zero-order valence-electron chi connectivity index (χ0n) is 20.6. The lowest BCUT2D eigenvalue weighted by molar-refractivity contribution is -0.625. The molecule has 0 saturated heterocycles. The number of hydrogen-bond acceptors (Lipinski definition) is 6. The molecule has 8 nitrogen and oxygen atoms in total. The minimum Gasteiger partial charge on any atom is -0.507 e. The lowest BCUT2D eigenvalue weighted by Gasteiger charge is -2.06. The molecule has 0 saturated carbocycles. The summed E-state index contributed by atoms with van der Waals surface area (Å²) in [6, 6.07) is 21.1. The van der Waals surface area contributed by atoms with Crippen molar-refractivity contribution in [3.8, 4) is 28.6 Å². The van der Waals surface area contributed by atoms with E-state index in [0.29, 0.717) is 17.1 Å². The summed E-state index contributed by atoms with van der Waals surface area (Å²) in [6.45, 7) is 5.73. The number of carbonyl (C=O) groups excluding carboxylic acids is 1. The summed E-state index contributed by atoms with van der Waals surface area (Å²) in [5.41, 5.74) is 6.76. The minimum atomic E-state index is -0.299. The van der Waals surface area contributed by atoms with Crippen molar-refractivity contribution in [3.05, 3.63) is 96.1 Å². The van der Waals surface area contributed by atoms with E-state index < -0.39 is 0 Å². The summed E-state index contributed by atoms with van der Waals surface area (Å²) < 4.78 is 7.25. The Kier molecular flexibility index (Phi) is 8.37. The lowest BCUT2D eigenvalue weighted by atomic mass is 10.1. The second kappa shape index (κ2) is 12.0. The van der Waals surface area contributed by atoms with E-state index in [-0.39, 0.29) is 17.4 Å². The number of H-pyrrole nitrogens is 1. The van der Waals surface area contributed by atoms with Crippen molar-refractivity contribution in [2.45, 2.75) is 18.5 Å². The van der Waals surface area contributed by atoms with Crippen molar-refractivity contribution < 1.29 is 19.2 Å². The predicted octanol–water partition coefficient (Wildman–Crippen LogP) is 4.35. The molecule has 188 valence electrons. The molecule has 0 aliphatic heterocycles. The van der Waals surface area contributed by atoms with E-state index in [0.717, 1.165) is 34.0 Å². The topological polar surface area (TPSA) is 103 Å². The molecule has 0 spiro atoms. The van der Waals surface area contributed by atoms with Crippen molar-refractivity contribution >= 4 is 23.9 Å². The third-order valence-corrected chi connectivity index (χ3v) is 6.51. The van der Waals surface area contributed by atoms with Gasteiger partial charge in [0, 0.05) is 5.56 Å². The molecule has 1 amide bonds. The van der Waals surface area contributed by atoms with Crippen molar-refractivity contribution in [2.24, 2.45) is 5.10 Å². The second-order valence-electron chi connectivity index (χ2n) is 8.18. The highest BCUT2D eigenvalue weighted by molar-refractivity contribution is 7.99. The number of hydrazone groups is 1. The Morgan fingerprint density at radius 1 is 1.19 bits per heavy atom. The number of aromatic amines is 1. The molecule has 0 bridgehead atoms. The highest BCUT2D eigenvalue weighted by Crippen LogP contribution is 2.23. The van der Waals surface area contributed by atoms with E-state index in [2.05, 4.69) is 27.3 Å². The van der Waals surface area contributed by atoms with Gasteiger partial charge in [-0.2, -0.15) is 9.67 Å². The fraction of sp³-hybridized carbons (Fsp3) is 0.143. The predicted molar refractivity (Wildman–Crippen MR) is 145 cm³/mol. The number of para-hydroxylation sites is 1. The summed E-state index contributed by atoms with van der Waals surface area (Å²) >= 11 is 1.29. The molecule has 1 aromatic heterocycles. The van der Waals surface area contributed by atoms with Crippen LogP contribution in [0, 0.1) is 6.92 Å². The van der Waals surface area contributed by atoms with E-state index in [9.17, 15) is 9.90 Å². The Bertz CT molecular complexity index is 1410. The highest BCUT2D eigenvalue weighted by Gasteiger charge is 2.24. The van der Waals surface area contributed by atoms with Crippen molar-refractivity contribution in [1.29, 1.82) is 0 Å². The van der Waals surface area contributed by atoms with Gasteiger partial charge in [0.15, 0.2) is 0 Å². The molecule has 0 atom stereocenters. The van der Waals surface area contributed by atoms with Crippen molar-refractivity contribution in [3.63, 3.8) is 0 Å². The van der Waals surface area contributed by atoms with Gasteiger partial charge in [0.05, 0.1) is 29.7 Å². The highest BCUT2D eigenvalue weighted by atomic mass is 32.2. The summed E-state index contributed by atoms with van der Waals surface area (Å²) in [5, 5.41) is 22.6. The average molecular weight is 515 g/mol. The van der Waals surface area contributed by atoms with Gasteiger partial charge in [-0.15, -0.1) is 11.7 Å². The average Bonchev–Trinajstić information content (AvgIpc) is 3.34. The van der Waals surface area contributed by atoms with Crippen molar-refractivity contribution in [2.75, 3.05) is 12.9 Å². The number of phenolic OH excluding ortho intramolecular Hbond substituents is 1. The number of aryl methyl sites for hydroxylation is 1. The van der Waals surface area contributed by atoms with E-state index in [1.54, 1.807) is 19.3 Å². The number of benzene rings is 3. The number of nitrogens with zero attached hydrogens (tertiary/aromatic N) is 3. The molecule has 9 heteroatoms. The number of nitrogens with one attached hydrogen (secondary N) is 2. The monoisotopic (exact) mass is 514 g/mol. The molecule has 0 fully saturated rings. The van der Waals surface area contributed by atoms with Gasteiger partial charge in [0.25, 0.3) is 11.7 Å². The van der Waals surface area contributed by atoms with Gasteiger partial charge < -0.3 is 9.84 Å². The summed E-state index contributed by atoms with van der Waals surface area (Å²) in [5.74, 6) is 1.46. The molecular formula is C28H28N5O3S+. The molecule has 3 aromatic carbocycles. The number of rotatable bonds is 10. The molecular weight excluding hydrogens is 486 g/mol. The van der Waals surface area contributed by atoms with Crippen LogP contribution in [-0.4, -0.2) is 40.3 Å². The number of methoxy groups -OCH3 is 1. The minimum absolute atomic E-state index is 0.0958. The fourth-order valence-corrected chi connectivity index (χ4v) is 4.40. The Balaban J connectivity index is 1.50. The Morgan fingerprint density at radius 3 is 2.65 bits per heavy atom. The number of thioether (sulfide) groups is 1. The molecule has 1 heterocycles. The number of phenols is 1. The van der Waals surface area contributed by atoms with E-state index >= 15 is 0 Å². The van der Waals surface area contributed by atoms with Crippen LogP contribution in [0.4, 0.5) is 0 Å². The zero-order valence-corrected chi connectivity index (χ0v) is 21.5. The first-order valence-electron chi connectivity index (χ1n) is 11.6. The number of aromatic hydroxyl groups is 1. The lowest BCUT2D eigenvalue weighted by Crippen LogP contribution is -2.34. The van der Waals surface area contributed by atoms with Gasteiger partial charge >= 0.3 is 5.16 Å². The van der Waals surface area contributed by atoms with Crippen LogP contribution in [0.15, 0.2) is 89.6 Å². The molecule has 3 N–H and O–H groups in total.